The maximum atomic E-state index is 13.0. The van der Waals surface area contributed by atoms with Crippen LogP contribution in [0.2, 0.25) is 10.3 Å². The molecule has 1 unspecified atom stereocenters. The van der Waals surface area contributed by atoms with Crippen LogP contribution < -0.4 is 10.3 Å². The van der Waals surface area contributed by atoms with E-state index in [9.17, 15) is 9.59 Å². The van der Waals surface area contributed by atoms with E-state index in [1.54, 1.807) is 16.7 Å². The topological polar surface area (TPSA) is 84.6 Å². The highest BCUT2D eigenvalue weighted by atomic mass is 35.5. The highest BCUT2D eigenvalue weighted by Crippen LogP contribution is 2.35. The van der Waals surface area contributed by atoms with Crippen molar-refractivity contribution in [2.45, 2.75) is 12.5 Å². The number of imidazole rings is 1. The van der Waals surface area contributed by atoms with E-state index in [-0.39, 0.29) is 23.3 Å². The third-order valence-corrected chi connectivity index (χ3v) is 5.55. The van der Waals surface area contributed by atoms with Gasteiger partial charge in [-0.3, -0.25) is 13.9 Å². The second kappa shape index (κ2) is 10.2. The number of aromatic nitrogens is 3. The lowest BCUT2D eigenvalue weighted by molar-refractivity contribution is -0.138. The molecule has 0 bridgehead atoms. The van der Waals surface area contributed by atoms with Crippen molar-refractivity contribution < 1.29 is 18.6 Å². The molecule has 2 aromatic heterocycles. The number of hydrogen-bond acceptors (Lipinski definition) is 6. The first-order valence-corrected chi connectivity index (χ1v) is 10.1. The SMILES string of the molecule is COCCC(C(=O)OCl)n1cc(OC)c(-c2ccccc2-n2cnc(Cl)c2Cl)cc1=O. The number of hydrogen-bond donors (Lipinski definition) is 0. The lowest BCUT2D eigenvalue weighted by Gasteiger charge is -2.19. The van der Waals surface area contributed by atoms with Crippen molar-refractivity contribution in [2.75, 3.05) is 20.8 Å². The molecule has 0 saturated heterocycles. The van der Waals surface area contributed by atoms with Gasteiger partial charge in [0.25, 0.3) is 5.56 Å². The summed E-state index contributed by atoms with van der Waals surface area (Å²) < 4.78 is 17.7. The smallest absolute Gasteiger partial charge is 0.347 e. The van der Waals surface area contributed by atoms with E-state index < -0.39 is 17.6 Å². The molecule has 0 amide bonds. The molecule has 1 atom stereocenters. The average Bonchev–Trinajstić information content (AvgIpc) is 3.12. The number of rotatable bonds is 8. The highest BCUT2D eigenvalue weighted by molar-refractivity contribution is 6.40. The van der Waals surface area contributed by atoms with Crippen LogP contribution in [0.15, 0.2) is 47.7 Å². The van der Waals surface area contributed by atoms with Gasteiger partial charge in [0, 0.05) is 37.3 Å². The number of nitrogens with zero attached hydrogens (tertiary/aromatic N) is 3. The van der Waals surface area contributed by atoms with E-state index >= 15 is 0 Å². The summed E-state index contributed by atoms with van der Waals surface area (Å²) in [4.78, 5) is 29.1. The number of carbonyl (C=O) groups is 1. The van der Waals surface area contributed by atoms with Crippen LogP contribution in [0.5, 0.6) is 5.75 Å². The standard InChI is InChI=1S/C20H18Cl3N3O5/c1-29-8-7-15(20(28)31-23)25-10-16(30-2)13(9-17(25)27)12-5-3-4-6-14(12)26-11-24-18(21)19(26)22/h3-6,9-11,15H,7-8H2,1-2H3. The molecule has 0 radical (unpaired) electrons. The Hall–Kier alpha value is -2.52. The van der Waals surface area contributed by atoms with Crippen molar-refractivity contribution in [1.29, 1.82) is 0 Å². The number of methoxy groups -OCH3 is 2. The molecule has 31 heavy (non-hydrogen) atoms. The normalized spacial score (nSPS) is 11.9. The molecule has 8 nitrogen and oxygen atoms in total. The van der Waals surface area contributed by atoms with E-state index in [1.807, 2.05) is 12.1 Å². The van der Waals surface area contributed by atoms with Crippen LogP contribution in [0.4, 0.5) is 0 Å². The third-order valence-electron chi connectivity index (χ3n) is 4.67. The molecule has 2 heterocycles. The van der Waals surface area contributed by atoms with Crippen LogP contribution in [0.1, 0.15) is 12.5 Å². The average molecular weight is 487 g/mol. The Kier molecular flexibility index (Phi) is 7.61. The van der Waals surface area contributed by atoms with Gasteiger partial charge in [-0.05, 0) is 6.07 Å². The Morgan fingerprint density at radius 1 is 1.19 bits per heavy atom. The molecular formula is C20H18Cl3N3O5. The van der Waals surface area contributed by atoms with Crippen molar-refractivity contribution >= 4 is 41.0 Å². The Morgan fingerprint density at radius 3 is 2.55 bits per heavy atom. The van der Waals surface area contributed by atoms with Crippen molar-refractivity contribution in [3.8, 4) is 22.6 Å². The van der Waals surface area contributed by atoms with Gasteiger partial charge in [-0.2, -0.15) is 0 Å². The minimum atomic E-state index is -0.981. The second-order valence-electron chi connectivity index (χ2n) is 6.41. The molecule has 0 N–H and O–H groups in total. The van der Waals surface area contributed by atoms with E-state index in [2.05, 4.69) is 9.27 Å². The molecule has 11 heteroatoms. The minimum absolute atomic E-state index is 0.152. The summed E-state index contributed by atoms with van der Waals surface area (Å²) in [5.74, 6) is -0.435. The monoisotopic (exact) mass is 485 g/mol. The maximum absolute atomic E-state index is 13.0. The lowest BCUT2D eigenvalue weighted by Crippen LogP contribution is -2.30. The zero-order valence-corrected chi connectivity index (χ0v) is 18.8. The highest BCUT2D eigenvalue weighted by Gasteiger charge is 2.25. The molecule has 164 valence electrons. The van der Waals surface area contributed by atoms with Gasteiger partial charge < -0.3 is 13.8 Å². The first kappa shape index (κ1) is 23.1. The van der Waals surface area contributed by atoms with Crippen molar-refractivity contribution in [2.24, 2.45) is 0 Å². The summed E-state index contributed by atoms with van der Waals surface area (Å²) in [5.41, 5.74) is 1.32. The molecule has 1 aromatic carbocycles. The predicted octanol–water partition coefficient (Wildman–Crippen LogP) is 4.29. The zero-order chi connectivity index (χ0) is 22.5. The van der Waals surface area contributed by atoms with Gasteiger partial charge in [-0.25, -0.2) is 9.78 Å². The molecule has 0 fully saturated rings. The molecule has 0 aliphatic carbocycles. The van der Waals surface area contributed by atoms with Crippen LogP contribution >= 0.6 is 35.1 Å². The fraction of sp³-hybridized carbons (Fsp3) is 0.250. The first-order chi connectivity index (χ1) is 14.9. The van der Waals surface area contributed by atoms with Crippen LogP contribution in [-0.4, -0.2) is 40.9 Å². The summed E-state index contributed by atoms with van der Waals surface area (Å²) in [5, 5.41) is 0.380. The quantitative estimate of drug-likeness (QED) is 0.472. The first-order valence-electron chi connectivity index (χ1n) is 9.02. The van der Waals surface area contributed by atoms with E-state index in [0.29, 0.717) is 22.6 Å². The minimum Gasteiger partial charge on any atom is -0.495 e. The van der Waals surface area contributed by atoms with E-state index in [4.69, 9.17) is 44.5 Å². The molecular weight excluding hydrogens is 469 g/mol. The van der Waals surface area contributed by atoms with Crippen molar-refractivity contribution in [1.82, 2.24) is 14.1 Å². The molecule has 0 aliphatic heterocycles. The number of halogens is 3. The Bertz CT molecular complexity index is 1150. The predicted molar refractivity (Wildman–Crippen MR) is 117 cm³/mol. The Morgan fingerprint density at radius 2 is 1.94 bits per heavy atom. The van der Waals surface area contributed by atoms with Gasteiger partial charge in [0.2, 0.25) is 0 Å². The van der Waals surface area contributed by atoms with Gasteiger partial charge in [0.15, 0.2) is 10.3 Å². The summed E-state index contributed by atoms with van der Waals surface area (Å²) in [6, 6.07) is 7.61. The summed E-state index contributed by atoms with van der Waals surface area (Å²) >= 11 is 17.5. The molecule has 3 aromatic rings. The summed E-state index contributed by atoms with van der Waals surface area (Å²) in [7, 11) is 2.95. The van der Waals surface area contributed by atoms with Gasteiger partial charge in [-0.15, -0.1) is 0 Å². The number of pyridine rings is 1. The molecule has 0 aliphatic rings. The molecule has 0 saturated carbocycles. The fourth-order valence-corrected chi connectivity index (χ4v) is 3.61. The van der Waals surface area contributed by atoms with Gasteiger partial charge in [0.1, 0.15) is 30.0 Å². The molecule has 0 spiro atoms. The van der Waals surface area contributed by atoms with Crippen molar-refractivity contribution in [3.63, 3.8) is 0 Å². The summed E-state index contributed by atoms with van der Waals surface area (Å²) in [6.45, 7) is 0.218. The second-order valence-corrected chi connectivity index (χ2v) is 7.28. The van der Waals surface area contributed by atoms with Gasteiger partial charge in [-0.1, -0.05) is 41.4 Å². The lowest BCUT2D eigenvalue weighted by atomic mass is 10.0. The van der Waals surface area contributed by atoms with Crippen LogP contribution in [0.25, 0.3) is 16.8 Å². The largest absolute Gasteiger partial charge is 0.495 e. The number of benzene rings is 1. The van der Waals surface area contributed by atoms with E-state index in [0.717, 1.165) is 0 Å². The number of ether oxygens (including phenoxy) is 2. The Labute approximate surface area is 193 Å². The third kappa shape index (κ3) is 4.72. The maximum Gasteiger partial charge on any atom is 0.347 e. The van der Waals surface area contributed by atoms with Gasteiger partial charge in [0.05, 0.1) is 19.0 Å². The van der Waals surface area contributed by atoms with Crippen molar-refractivity contribution in [3.05, 3.63) is 63.5 Å². The zero-order valence-electron chi connectivity index (χ0n) is 16.5. The van der Waals surface area contributed by atoms with Gasteiger partial charge >= 0.3 is 5.97 Å². The Balaban J connectivity index is 2.17. The van der Waals surface area contributed by atoms with Crippen LogP contribution in [0.3, 0.4) is 0 Å². The van der Waals surface area contributed by atoms with E-state index in [1.165, 1.54) is 37.4 Å². The van der Waals surface area contributed by atoms with Crippen LogP contribution in [0, 0.1) is 0 Å². The molecule has 3 rings (SSSR count). The fourth-order valence-electron chi connectivity index (χ4n) is 3.19. The number of para-hydroxylation sites is 1. The van der Waals surface area contributed by atoms with Crippen LogP contribution in [-0.2, 0) is 13.8 Å². The number of carbonyl (C=O) groups excluding carboxylic acids is 1. The summed E-state index contributed by atoms with van der Waals surface area (Å²) in [6.07, 6.45) is 3.10.